The third-order valence-electron chi connectivity index (χ3n) is 3.70. The van der Waals surface area contributed by atoms with Crippen LogP contribution in [-0.4, -0.2) is 21.7 Å². The molecule has 2 aromatic carbocycles. The Morgan fingerprint density at radius 2 is 1.91 bits per heavy atom. The minimum atomic E-state index is -0.177. The van der Waals surface area contributed by atoms with E-state index in [9.17, 15) is 9.90 Å². The van der Waals surface area contributed by atoms with Crippen molar-refractivity contribution in [2.45, 2.75) is 19.4 Å². The summed E-state index contributed by atoms with van der Waals surface area (Å²) in [5.74, 6) is 0.0341. The van der Waals surface area contributed by atoms with E-state index in [-0.39, 0.29) is 17.7 Å². The molecule has 1 amide bonds. The van der Waals surface area contributed by atoms with Crippen LogP contribution in [0.3, 0.4) is 0 Å². The van der Waals surface area contributed by atoms with Gasteiger partial charge in [0.1, 0.15) is 5.75 Å². The number of halogens is 1. The van der Waals surface area contributed by atoms with Crippen molar-refractivity contribution in [1.82, 2.24) is 5.01 Å². The number of hydrogen-bond acceptors (Lipinski definition) is 3. The van der Waals surface area contributed by atoms with Crippen LogP contribution in [-0.2, 0) is 4.79 Å². The van der Waals surface area contributed by atoms with Crippen molar-refractivity contribution >= 4 is 23.2 Å². The van der Waals surface area contributed by atoms with Gasteiger partial charge in [0, 0.05) is 23.9 Å². The van der Waals surface area contributed by atoms with Gasteiger partial charge >= 0.3 is 0 Å². The van der Waals surface area contributed by atoms with Crippen molar-refractivity contribution in [3.63, 3.8) is 0 Å². The maximum atomic E-state index is 11.9. The summed E-state index contributed by atoms with van der Waals surface area (Å²) in [7, 11) is 0. The van der Waals surface area contributed by atoms with E-state index in [4.69, 9.17) is 11.6 Å². The van der Waals surface area contributed by atoms with Crippen molar-refractivity contribution < 1.29 is 9.90 Å². The van der Waals surface area contributed by atoms with E-state index in [0.717, 1.165) is 5.56 Å². The number of phenols is 1. The summed E-state index contributed by atoms with van der Waals surface area (Å²) in [6, 6.07) is 14.2. The summed E-state index contributed by atoms with van der Waals surface area (Å²) in [6.07, 6.45) is 0.554. The normalized spacial score (nSPS) is 17.5. The number of carbonyl (C=O) groups excluding carboxylic acids is 1. The molecule has 1 unspecified atom stereocenters. The van der Waals surface area contributed by atoms with E-state index in [1.165, 1.54) is 11.9 Å². The predicted molar refractivity (Wildman–Crippen MR) is 86.0 cm³/mol. The Hall–Kier alpha value is -2.33. The summed E-state index contributed by atoms with van der Waals surface area (Å²) in [4.78, 5) is 11.9. The minimum absolute atomic E-state index is 0.134. The SMILES string of the molecule is CC(=O)N1N=C(c2ccccc2O)CC1c1ccc(Cl)cc1. The molecule has 0 aliphatic carbocycles. The summed E-state index contributed by atoms with van der Waals surface area (Å²) in [5, 5.41) is 16.5. The number of rotatable bonds is 2. The van der Waals surface area contributed by atoms with Gasteiger partial charge in [-0.25, -0.2) is 5.01 Å². The van der Waals surface area contributed by atoms with Gasteiger partial charge in [-0.2, -0.15) is 5.10 Å². The standard InChI is InChI=1S/C17H15ClN2O2/c1-11(21)20-16(12-6-8-13(18)9-7-12)10-15(19-20)14-4-2-3-5-17(14)22/h2-9,16,22H,10H2,1H3. The van der Waals surface area contributed by atoms with Gasteiger partial charge in [-0.1, -0.05) is 35.9 Å². The third kappa shape index (κ3) is 2.70. The third-order valence-corrected chi connectivity index (χ3v) is 3.95. The van der Waals surface area contributed by atoms with Gasteiger partial charge in [-0.15, -0.1) is 0 Å². The quantitative estimate of drug-likeness (QED) is 0.918. The second-order valence-electron chi connectivity index (χ2n) is 5.20. The Bertz CT molecular complexity index is 741. The van der Waals surface area contributed by atoms with E-state index in [0.29, 0.717) is 22.7 Å². The number of hydrogen-bond donors (Lipinski definition) is 1. The average Bonchev–Trinajstić information content (AvgIpc) is 2.93. The van der Waals surface area contributed by atoms with E-state index in [2.05, 4.69) is 5.10 Å². The van der Waals surface area contributed by atoms with Crippen LogP contribution in [0, 0.1) is 0 Å². The molecule has 22 heavy (non-hydrogen) atoms. The van der Waals surface area contributed by atoms with E-state index >= 15 is 0 Å². The first-order valence-corrected chi connectivity index (χ1v) is 7.35. The first-order chi connectivity index (χ1) is 10.6. The molecule has 1 aliphatic rings. The number of nitrogens with zero attached hydrogens (tertiary/aromatic N) is 2. The Morgan fingerprint density at radius 3 is 2.55 bits per heavy atom. The molecule has 0 spiro atoms. The molecular weight excluding hydrogens is 300 g/mol. The van der Waals surface area contributed by atoms with Crippen LogP contribution in [0.25, 0.3) is 0 Å². The summed E-state index contributed by atoms with van der Waals surface area (Å²) >= 11 is 5.92. The molecule has 3 rings (SSSR count). The zero-order valence-corrected chi connectivity index (χ0v) is 12.8. The number of para-hydroxylation sites is 1. The Balaban J connectivity index is 1.96. The molecule has 0 fully saturated rings. The van der Waals surface area contributed by atoms with E-state index in [1.54, 1.807) is 30.3 Å². The lowest BCUT2D eigenvalue weighted by Gasteiger charge is -2.20. The van der Waals surface area contributed by atoms with Gasteiger partial charge in [0.25, 0.3) is 0 Å². The number of hydrazone groups is 1. The second kappa shape index (κ2) is 5.81. The van der Waals surface area contributed by atoms with Crippen molar-refractivity contribution in [3.05, 3.63) is 64.7 Å². The topological polar surface area (TPSA) is 52.9 Å². The van der Waals surface area contributed by atoms with E-state index < -0.39 is 0 Å². The molecule has 0 saturated carbocycles. The maximum absolute atomic E-state index is 11.9. The molecule has 5 heteroatoms. The molecule has 0 radical (unpaired) electrons. The lowest BCUT2D eigenvalue weighted by molar-refractivity contribution is -0.130. The fourth-order valence-electron chi connectivity index (χ4n) is 2.63. The van der Waals surface area contributed by atoms with Crippen LogP contribution in [0.4, 0.5) is 0 Å². The van der Waals surface area contributed by atoms with Gasteiger partial charge in [-0.05, 0) is 29.8 Å². The number of phenolic OH excluding ortho intramolecular Hbond substituents is 1. The maximum Gasteiger partial charge on any atom is 0.240 e. The highest BCUT2D eigenvalue weighted by Crippen LogP contribution is 2.34. The number of carbonyl (C=O) groups is 1. The summed E-state index contributed by atoms with van der Waals surface area (Å²) in [6.45, 7) is 1.49. The fraction of sp³-hybridized carbons (Fsp3) is 0.176. The Labute approximate surface area is 133 Å². The van der Waals surface area contributed by atoms with Crippen molar-refractivity contribution in [3.8, 4) is 5.75 Å². The number of aromatic hydroxyl groups is 1. The largest absolute Gasteiger partial charge is 0.507 e. The van der Waals surface area contributed by atoms with Crippen LogP contribution < -0.4 is 0 Å². The van der Waals surface area contributed by atoms with Crippen LogP contribution in [0.2, 0.25) is 5.02 Å². The summed E-state index contributed by atoms with van der Waals surface area (Å²) < 4.78 is 0. The average molecular weight is 315 g/mol. The lowest BCUT2D eigenvalue weighted by atomic mass is 9.98. The van der Waals surface area contributed by atoms with Crippen LogP contribution in [0.15, 0.2) is 53.6 Å². The minimum Gasteiger partial charge on any atom is -0.507 e. The Kier molecular flexibility index (Phi) is 3.86. The van der Waals surface area contributed by atoms with Gasteiger partial charge in [0.05, 0.1) is 11.8 Å². The lowest BCUT2D eigenvalue weighted by Crippen LogP contribution is -2.24. The van der Waals surface area contributed by atoms with Crippen molar-refractivity contribution in [1.29, 1.82) is 0 Å². The molecule has 2 aromatic rings. The van der Waals surface area contributed by atoms with Gasteiger partial charge < -0.3 is 5.11 Å². The van der Waals surface area contributed by atoms with Gasteiger partial charge in [0.2, 0.25) is 5.91 Å². The number of benzene rings is 2. The van der Waals surface area contributed by atoms with Crippen LogP contribution >= 0.6 is 11.6 Å². The van der Waals surface area contributed by atoms with Crippen molar-refractivity contribution in [2.75, 3.05) is 0 Å². The van der Waals surface area contributed by atoms with Gasteiger partial charge in [0.15, 0.2) is 0 Å². The first-order valence-electron chi connectivity index (χ1n) is 6.97. The molecule has 1 heterocycles. The van der Waals surface area contributed by atoms with E-state index in [1.807, 2.05) is 18.2 Å². The number of amides is 1. The molecule has 1 N–H and O–H groups in total. The second-order valence-corrected chi connectivity index (χ2v) is 5.64. The molecule has 112 valence electrons. The van der Waals surface area contributed by atoms with Crippen LogP contribution in [0.5, 0.6) is 5.75 Å². The molecule has 1 atom stereocenters. The molecular formula is C17H15ClN2O2. The fourth-order valence-corrected chi connectivity index (χ4v) is 2.75. The first kappa shape index (κ1) is 14.6. The highest BCUT2D eigenvalue weighted by atomic mass is 35.5. The molecule has 0 aromatic heterocycles. The Morgan fingerprint density at radius 1 is 1.23 bits per heavy atom. The highest BCUT2D eigenvalue weighted by molar-refractivity contribution is 6.30. The molecule has 1 aliphatic heterocycles. The monoisotopic (exact) mass is 314 g/mol. The zero-order valence-electron chi connectivity index (χ0n) is 12.0. The van der Waals surface area contributed by atoms with Crippen LogP contribution in [0.1, 0.15) is 30.5 Å². The smallest absolute Gasteiger partial charge is 0.240 e. The van der Waals surface area contributed by atoms with Gasteiger partial charge in [-0.3, -0.25) is 4.79 Å². The zero-order chi connectivity index (χ0) is 15.7. The predicted octanol–water partition coefficient (Wildman–Crippen LogP) is 3.74. The molecule has 0 saturated heterocycles. The molecule has 4 nitrogen and oxygen atoms in total. The highest BCUT2D eigenvalue weighted by Gasteiger charge is 2.32. The van der Waals surface area contributed by atoms with Crippen molar-refractivity contribution in [2.24, 2.45) is 5.10 Å². The summed E-state index contributed by atoms with van der Waals surface area (Å²) in [5.41, 5.74) is 2.33. The molecule has 0 bridgehead atoms.